The fourth-order valence-electron chi connectivity index (χ4n) is 3.00. The zero-order valence-electron chi connectivity index (χ0n) is 13.5. The molecule has 0 saturated carbocycles. The summed E-state index contributed by atoms with van der Waals surface area (Å²) in [5.74, 6) is -0.0885. The van der Waals surface area contributed by atoms with Gasteiger partial charge in [-0.25, -0.2) is 0 Å². The molecule has 0 saturated heterocycles. The van der Waals surface area contributed by atoms with E-state index in [0.29, 0.717) is 17.7 Å². The lowest BCUT2D eigenvalue weighted by Gasteiger charge is -2.28. The molecule has 0 unspecified atom stereocenters. The SMILES string of the molecule is CC1(C)CNc2cc(C#N)ccc2CC(=O)c2cc(Cl)c(O)cc21. The molecule has 0 aliphatic carbocycles. The van der Waals surface area contributed by atoms with Gasteiger partial charge in [-0.2, -0.15) is 5.26 Å². The van der Waals surface area contributed by atoms with Crippen LogP contribution in [0.25, 0.3) is 0 Å². The first-order chi connectivity index (χ1) is 11.3. The van der Waals surface area contributed by atoms with Crippen LogP contribution in [0, 0.1) is 11.3 Å². The second-order valence-electron chi connectivity index (χ2n) is 6.67. The van der Waals surface area contributed by atoms with E-state index in [1.807, 2.05) is 13.8 Å². The van der Waals surface area contributed by atoms with Crippen molar-refractivity contribution in [3.8, 4) is 11.8 Å². The monoisotopic (exact) mass is 340 g/mol. The largest absolute Gasteiger partial charge is 0.506 e. The van der Waals surface area contributed by atoms with Crippen LogP contribution < -0.4 is 5.32 Å². The number of Topliss-reactive ketones (excluding diaryl/α,β-unsaturated/α-hetero) is 1. The summed E-state index contributed by atoms with van der Waals surface area (Å²) in [4.78, 5) is 12.8. The molecule has 0 amide bonds. The van der Waals surface area contributed by atoms with Crippen LogP contribution in [-0.4, -0.2) is 17.4 Å². The van der Waals surface area contributed by atoms with E-state index in [2.05, 4.69) is 11.4 Å². The van der Waals surface area contributed by atoms with Crippen molar-refractivity contribution in [1.82, 2.24) is 0 Å². The molecule has 0 radical (unpaired) electrons. The third-order valence-electron chi connectivity index (χ3n) is 4.43. The van der Waals surface area contributed by atoms with Gasteiger partial charge in [0.05, 0.1) is 16.7 Å². The van der Waals surface area contributed by atoms with E-state index in [1.54, 1.807) is 30.3 Å². The number of carbonyl (C=O) groups excluding carboxylic acids is 1. The lowest BCUT2D eigenvalue weighted by atomic mass is 9.80. The number of halogens is 1. The van der Waals surface area contributed by atoms with Crippen molar-refractivity contribution in [2.75, 3.05) is 11.9 Å². The van der Waals surface area contributed by atoms with E-state index in [0.717, 1.165) is 16.8 Å². The second kappa shape index (κ2) is 5.85. The zero-order chi connectivity index (χ0) is 17.5. The first-order valence-electron chi connectivity index (χ1n) is 7.65. The molecule has 0 aromatic heterocycles. The number of hydrogen-bond acceptors (Lipinski definition) is 4. The van der Waals surface area contributed by atoms with Crippen molar-refractivity contribution in [3.63, 3.8) is 0 Å². The third-order valence-corrected chi connectivity index (χ3v) is 4.73. The molecule has 1 aliphatic rings. The Kier molecular flexibility index (Phi) is 3.98. The molecular weight excluding hydrogens is 324 g/mol. The highest BCUT2D eigenvalue weighted by atomic mass is 35.5. The molecule has 3 rings (SSSR count). The molecule has 1 heterocycles. The quantitative estimate of drug-likeness (QED) is 0.759. The van der Waals surface area contributed by atoms with Gasteiger partial charge in [-0.15, -0.1) is 0 Å². The molecule has 2 N–H and O–H groups in total. The van der Waals surface area contributed by atoms with Crippen LogP contribution in [0.1, 0.15) is 40.9 Å². The number of nitrogens with zero attached hydrogens (tertiary/aromatic N) is 1. The van der Waals surface area contributed by atoms with Crippen LogP contribution in [0.4, 0.5) is 5.69 Å². The minimum atomic E-state index is -0.405. The van der Waals surface area contributed by atoms with Gasteiger partial charge < -0.3 is 10.4 Å². The Bertz CT molecular complexity index is 882. The van der Waals surface area contributed by atoms with E-state index >= 15 is 0 Å². The topological polar surface area (TPSA) is 73.1 Å². The van der Waals surface area contributed by atoms with E-state index < -0.39 is 5.41 Å². The average Bonchev–Trinajstić information content (AvgIpc) is 2.58. The lowest BCUT2D eigenvalue weighted by Crippen LogP contribution is -2.29. The minimum absolute atomic E-state index is 0.0279. The fourth-order valence-corrected chi connectivity index (χ4v) is 3.16. The molecule has 0 atom stereocenters. The predicted octanol–water partition coefficient (Wildman–Crippen LogP) is 4.05. The minimum Gasteiger partial charge on any atom is -0.506 e. The number of nitriles is 1. The summed E-state index contributed by atoms with van der Waals surface area (Å²) in [6, 6.07) is 10.5. The summed E-state index contributed by atoms with van der Waals surface area (Å²) < 4.78 is 0. The van der Waals surface area contributed by atoms with E-state index in [-0.39, 0.29) is 23.0 Å². The van der Waals surface area contributed by atoms with Crippen molar-refractivity contribution >= 4 is 23.1 Å². The maximum atomic E-state index is 12.8. The van der Waals surface area contributed by atoms with Crippen molar-refractivity contribution < 1.29 is 9.90 Å². The maximum Gasteiger partial charge on any atom is 0.167 e. The fraction of sp³-hybridized carbons (Fsp3) is 0.263. The first-order valence-corrected chi connectivity index (χ1v) is 8.03. The van der Waals surface area contributed by atoms with Crippen molar-refractivity contribution in [2.24, 2.45) is 0 Å². The summed E-state index contributed by atoms with van der Waals surface area (Å²) in [5.41, 5.74) is 3.06. The highest BCUT2D eigenvalue weighted by Crippen LogP contribution is 2.36. The number of aromatic hydroxyl groups is 1. The van der Waals surface area contributed by atoms with Gasteiger partial charge in [-0.1, -0.05) is 31.5 Å². The van der Waals surface area contributed by atoms with Crippen molar-refractivity contribution in [2.45, 2.75) is 25.7 Å². The lowest BCUT2D eigenvalue weighted by molar-refractivity contribution is 0.0991. The molecule has 5 heteroatoms. The summed E-state index contributed by atoms with van der Waals surface area (Å²) in [6.45, 7) is 4.55. The third kappa shape index (κ3) is 2.83. The van der Waals surface area contributed by atoms with Gasteiger partial charge in [0.2, 0.25) is 0 Å². The summed E-state index contributed by atoms with van der Waals surface area (Å²) in [7, 11) is 0. The molecule has 24 heavy (non-hydrogen) atoms. The Labute approximate surface area is 145 Å². The Morgan fingerprint density at radius 1 is 1.29 bits per heavy atom. The molecule has 2 aromatic rings. The molecular formula is C19H17ClN2O2. The summed E-state index contributed by atoms with van der Waals surface area (Å²) >= 11 is 6.02. The Balaban J connectivity index is 2.17. The van der Waals surface area contributed by atoms with Gasteiger partial charge in [0.25, 0.3) is 0 Å². The first kappa shape index (κ1) is 16.4. The highest BCUT2D eigenvalue weighted by Gasteiger charge is 2.29. The average molecular weight is 341 g/mol. The Morgan fingerprint density at radius 2 is 2.04 bits per heavy atom. The number of fused-ring (bicyclic) bond motifs is 2. The predicted molar refractivity (Wildman–Crippen MR) is 93.8 cm³/mol. The van der Waals surface area contributed by atoms with E-state index in [4.69, 9.17) is 16.9 Å². The highest BCUT2D eigenvalue weighted by molar-refractivity contribution is 6.32. The number of phenols is 1. The number of carbonyl (C=O) groups is 1. The Morgan fingerprint density at radius 3 is 2.75 bits per heavy atom. The normalized spacial score (nSPS) is 15.8. The number of nitrogens with one attached hydrogen (secondary N) is 1. The molecule has 0 bridgehead atoms. The maximum absolute atomic E-state index is 12.8. The molecule has 1 aliphatic heterocycles. The van der Waals surface area contributed by atoms with Crippen LogP contribution in [0.5, 0.6) is 5.75 Å². The van der Waals surface area contributed by atoms with Crippen molar-refractivity contribution in [3.05, 3.63) is 57.6 Å². The number of rotatable bonds is 0. The molecule has 0 fully saturated rings. The van der Waals surface area contributed by atoms with Gasteiger partial charge in [-0.3, -0.25) is 4.79 Å². The molecule has 0 spiro atoms. The van der Waals surface area contributed by atoms with E-state index in [1.165, 1.54) is 0 Å². The van der Waals surface area contributed by atoms with Crippen LogP contribution in [-0.2, 0) is 11.8 Å². The molecule has 122 valence electrons. The number of hydrogen-bond donors (Lipinski definition) is 2. The van der Waals surface area contributed by atoms with Gasteiger partial charge >= 0.3 is 0 Å². The summed E-state index contributed by atoms with van der Waals surface area (Å²) in [5, 5.41) is 22.6. The zero-order valence-corrected chi connectivity index (χ0v) is 14.2. The second-order valence-corrected chi connectivity index (χ2v) is 7.08. The Hall–Kier alpha value is -2.51. The summed E-state index contributed by atoms with van der Waals surface area (Å²) in [6.07, 6.45) is 0.207. The molecule has 4 nitrogen and oxygen atoms in total. The van der Waals surface area contributed by atoms with Crippen LogP contribution in [0.2, 0.25) is 5.02 Å². The van der Waals surface area contributed by atoms with Gasteiger partial charge in [0.1, 0.15) is 5.75 Å². The number of phenolic OH excluding ortho intramolecular Hbond substituents is 1. The molecule has 2 aromatic carbocycles. The van der Waals surface area contributed by atoms with Crippen LogP contribution >= 0.6 is 11.6 Å². The smallest absolute Gasteiger partial charge is 0.167 e. The number of anilines is 1. The van der Waals surface area contributed by atoms with Crippen LogP contribution in [0.15, 0.2) is 30.3 Å². The van der Waals surface area contributed by atoms with E-state index in [9.17, 15) is 9.90 Å². The van der Waals surface area contributed by atoms with Gasteiger partial charge in [0, 0.05) is 29.6 Å². The van der Waals surface area contributed by atoms with Gasteiger partial charge in [-0.05, 0) is 35.4 Å². The number of ketones is 1. The number of benzene rings is 2. The van der Waals surface area contributed by atoms with Crippen molar-refractivity contribution in [1.29, 1.82) is 5.26 Å². The standard InChI is InChI=1S/C19H17ClN2O2/c1-19(2)10-22-16-5-11(9-21)3-4-12(16)6-17(23)13-7-15(20)18(24)8-14(13)19/h3-5,7-8,22,24H,6,10H2,1-2H3. The van der Waals surface area contributed by atoms with Gasteiger partial charge in [0.15, 0.2) is 5.78 Å². The van der Waals surface area contributed by atoms with Crippen LogP contribution in [0.3, 0.4) is 0 Å².